The summed E-state index contributed by atoms with van der Waals surface area (Å²) in [7, 11) is 1.60. The first kappa shape index (κ1) is 27.1. The van der Waals surface area contributed by atoms with Crippen LogP contribution in [0.1, 0.15) is 30.9 Å². The van der Waals surface area contributed by atoms with Gasteiger partial charge in [-0.25, -0.2) is 4.39 Å². The molecule has 0 aromatic heterocycles. The second-order valence-corrected chi connectivity index (χ2v) is 9.65. The van der Waals surface area contributed by atoms with Crippen LogP contribution in [0.3, 0.4) is 0 Å². The van der Waals surface area contributed by atoms with Crippen molar-refractivity contribution in [3.8, 4) is 17.6 Å². The van der Waals surface area contributed by atoms with Crippen molar-refractivity contribution >= 4 is 17.7 Å². The maximum Gasteiger partial charge on any atom is 0.243 e. The van der Waals surface area contributed by atoms with Crippen molar-refractivity contribution in [1.82, 2.24) is 20.9 Å². The highest BCUT2D eigenvalue weighted by molar-refractivity contribution is 5.93. The van der Waals surface area contributed by atoms with Gasteiger partial charge in [0.15, 0.2) is 0 Å². The molecule has 200 valence electrons. The van der Waals surface area contributed by atoms with E-state index in [0.29, 0.717) is 30.0 Å². The first-order valence-corrected chi connectivity index (χ1v) is 12.9. The third kappa shape index (κ3) is 7.11. The molecule has 1 saturated carbocycles. The number of carbonyl (C=O) groups excluding carboxylic acids is 3. The van der Waals surface area contributed by atoms with Crippen molar-refractivity contribution in [2.75, 3.05) is 26.7 Å². The Balaban J connectivity index is 1.58. The highest BCUT2D eigenvalue weighted by atomic mass is 19.1. The van der Waals surface area contributed by atoms with E-state index in [2.05, 4.69) is 27.8 Å². The predicted molar refractivity (Wildman–Crippen MR) is 141 cm³/mol. The molecule has 1 heterocycles. The molecule has 0 radical (unpaired) electrons. The summed E-state index contributed by atoms with van der Waals surface area (Å²) < 4.78 is 19.3. The summed E-state index contributed by atoms with van der Waals surface area (Å²) in [6.07, 6.45) is 2.03. The lowest BCUT2D eigenvalue weighted by Gasteiger charge is -2.30. The fraction of sp³-hybridized carbons (Fsp3) is 0.414. The van der Waals surface area contributed by atoms with Gasteiger partial charge in [-0.3, -0.25) is 14.4 Å². The molecule has 9 heteroatoms. The minimum Gasteiger partial charge on any atom is -0.491 e. The van der Waals surface area contributed by atoms with Gasteiger partial charge in [0.2, 0.25) is 17.7 Å². The van der Waals surface area contributed by atoms with Gasteiger partial charge in [0.25, 0.3) is 0 Å². The lowest BCUT2D eigenvalue weighted by Crippen LogP contribution is -2.56. The van der Waals surface area contributed by atoms with Crippen LogP contribution in [0, 0.1) is 23.6 Å². The Morgan fingerprint density at radius 2 is 1.79 bits per heavy atom. The van der Waals surface area contributed by atoms with Crippen LogP contribution >= 0.6 is 0 Å². The largest absolute Gasteiger partial charge is 0.491 e. The number of hydrogen-bond donors (Lipinski definition) is 3. The number of rotatable bonds is 3. The average molecular weight is 521 g/mol. The van der Waals surface area contributed by atoms with Crippen LogP contribution in [0.25, 0.3) is 0 Å². The Labute approximate surface area is 222 Å². The quantitative estimate of drug-likeness (QED) is 0.535. The van der Waals surface area contributed by atoms with E-state index in [0.717, 1.165) is 12.8 Å². The van der Waals surface area contributed by atoms with Crippen LogP contribution in [0.2, 0.25) is 0 Å². The predicted octanol–water partition coefficient (Wildman–Crippen LogP) is 1.63. The van der Waals surface area contributed by atoms with Gasteiger partial charge in [0, 0.05) is 20.0 Å². The molecule has 8 nitrogen and oxygen atoms in total. The molecule has 1 fully saturated rings. The summed E-state index contributed by atoms with van der Waals surface area (Å²) in [5.41, 5.74) is 1.36. The molecule has 0 saturated heterocycles. The highest BCUT2D eigenvalue weighted by Crippen LogP contribution is 2.33. The van der Waals surface area contributed by atoms with Gasteiger partial charge < -0.3 is 25.6 Å². The van der Waals surface area contributed by atoms with E-state index in [1.54, 1.807) is 26.1 Å². The Kier molecular flexibility index (Phi) is 8.98. The number of ether oxygens (including phenoxy) is 1. The molecule has 2 aromatic rings. The Morgan fingerprint density at radius 3 is 2.53 bits per heavy atom. The van der Waals surface area contributed by atoms with Crippen molar-refractivity contribution in [1.29, 1.82) is 0 Å². The van der Waals surface area contributed by atoms with Gasteiger partial charge in [-0.1, -0.05) is 36.1 Å². The molecule has 3 atom stereocenters. The fourth-order valence-corrected chi connectivity index (χ4v) is 4.29. The van der Waals surface area contributed by atoms with Gasteiger partial charge in [-0.15, -0.1) is 0 Å². The number of halogens is 1. The van der Waals surface area contributed by atoms with E-state index in [4.69, 9.17) is 4.74 Å². The standard InChI is InChI=1S/C29H33FN4O4/c1-19-27(35)33-24(18-20-9-13-23(30)14-10-20)28(36)32-15-5-7-21-6-3-4-8-25(21)38-17-16-31-26(22-11-12-22)29(37)34(19)2/h3-4,6,8-10,13-14,19,22,24,26,31H,11-12,15-18H2,1-2H3,(H,32,36)(H,33,35)/t19-,24-,26+/m1/s1. The number of amides is 3. The third-order valence-electron chi connectivity index (χ3n) is 6.84. The molecule has 0 unspecified atom stereocenters. The Morgan fingerprint density at radius 1 is 1.05 bits per heavy atom. The van der Waals surface area contributed by atoms with E-state index >= 15 is 0 Å². The number of hydrogen-bond acceptors (Lipinski definition) is 5. The normalized spacial score (nSPS) is 23.5. The number of likely N-dealkylation sites (N-methyl/N-ethyl adjacent to an activating group) is 1. The van der Waals surface area contributed by atoms with E-state index in [1.807, 2.05) is 24.3 Å². The molecule has 4 rings (SSSR count). The van der Waals surface area contributed by atoms with Gasteiger partial charge in [0.1, 0.15) is 30.3 Å². The van der Waals surface area contributed by atoms with E-state index in [9.17, 15) is 18.8 Å². The molecule has 1 aliphatic carbocycles. The van der Waals surface area contributed by atoms with Crippen molar-refractivity contribution < 1.29 is 23.5 Å². The molecule has 3 amide bonds. The minimum absolute atomic E-state index is 0.0571. The monoisotopic (exact) mass is 520 g/mol. The second kappa shape index (κ2) is 12.6. The molecule has 0 spiro atoms. The van der Waals surface area contributed by atoms with Crippen molar-refractivity contribution in [3.63, 3.8) is 0 Å². The van der Waals surface area contributed by atoms with Gasteiger partial charge in [-0.05, 0) is 55.5 Å². The fourth-order valence-electron chi connectivity index (χ4n) is 4.29. The molecule has 0 bridgehead atoms. The van der Waals surface area contributed by atoms with Crippen LogP contribution in [-0.4, -0.2) is 67.5 Å². The molecular weight excluding hydrogens is 487 g/mol. The number of fused-ring (bicyclic) bond motifs is 1. The summed E-state index contributed by atoms with van der Waals surface area (Å²) >= 11 is 0. The number of nitrogens with zero attached hydrogens (tertiary/aromatic N) is 1. The first-order valence-electron chi connectivity index (χ1n) is 12.9. The minimum atomic E-state index is -0.937. The van der Waals surface area contributed by atoms with Crippen LogP contribution in [-0.2, 0) is 20.8 Å². The smallest absolute Gasteiger partial charge is 0.243 e. The Bertz CT molecular complexity index is 1220. The van der Waals surface area contributed by atoms with Crippen LogP contribution in [0.5, 0.6) is 5.75 Å². The van der Waals surface area contributed by atoms with E-state index in [-0.39, 0.29) is 30.6 Å². The maximum atomic E-state index is 13.4. The van der Waals surface area contributed by atoms with E-state index in [1.165, 1.54) is 17.0 Å². The molecule has 3 N–H and O–H groups in total. The number of benzene rings is 2. The third-order valence-corrected chi connectivity index (χ3v) is 6.84. The zero-order valence-corrected chi connectivity index (χ0v) is 21.6. The van der Waals surface area contributed by atoms with Gasteiger partial charge in [0.05, 0.1) is 18.2 Å². The molecule has 1 aliphatic heterocycles. The van der Waals surface area contributed by atoms with Gasteiger partial charge >= 0.3 is 0 Å². The SMILES string of the molecule is C[C@@H]1C(=O)N[C@H](Cc2ccc(F)cc2)C(=O)NCC#Cc2ccccc2OCCN[C@@H](C2CC2)C(=O)N1C. The topological polar surface area (TPSA) is 99.8 Å². The molecular formula is C29H33FN4O4. The Hall–Kier alpha value is -3.90. The highest BCUT2D eigenvalue weighted by Gasteiger charge is 2.39. The summed E-state index contributed by atoms with van der Waals surface area (Å²) in [5, 5.41) is 8.84. The van der Waals surface area contributed by atoms with Gasteiger partial charge in [-0.2, -0.15) is 0 Å². The molecule has 38 heavy (non-hydrogen) atoms. The van der Waals surface area contributed by atoms with Crippen LogP contribution in [0.15, 0.2) is 48.5 Å². The summed E-state index contributed by atoms with van der Waals surface area (Å²) in [4.78, 5) is 41.0. The average Bonchev–Trinajstić information content (AvgIpc) is 3.76. The van der Waals surface area contributed by atoms with Crippen molar-refractivity contribution in [2.24, 2.45) is 5.92 Å². The number of nitrogens with one attached hydrogen (secondary N) is 3. The van der Waals surface area contributed by atoms with E-state index < -0.39 is 29.9 Å². The van der Waals surface area contributed by atoms with Crippen molar-refractivity contribution in [3.05, 3.63) is 65.5 Å². The first-order chi connectivity index (χ1) is 18.3. The number of carbonyl (C=O) groups is 3. The summed E-state index contributed by atoms with van der Waals surface area (Å²) in [5.74, 6) is 5.34. The lowest BCUT2D eigenvalue weighted by molar-refractivity contribution is -0.141. The molecule has 2 aliphatic rings. The summed E-state index contributed by atoms with van der Waals surface area (Å²) in [6, 6.07) is 11.0. The number of para-hydroxylation sites is 1. The van der Waals surface area contributed by atoms with Crippen LogP contribution in [0.4, 0.5) is 4.39 Å². The zero-order valence-electron chi connectivity index (χ0n) is 21.6. The second-order valence-electron chi connectivity index (χ2n) is 9.65. The van der Waals surface area contributed by atoms with Crippen molar-refractivity contribution in [2.45, 2.75) is 44.3 Å². The molecule has 2 aromatic carbocycles. The van der Waals surface area contributed by atoms with Crippen LogP contribution < -0.4 is 20.7 Å². The summed E-state index contributed by atoms with van der Waals surface area (Å²) in [6.45, 7) is 2.49. The zero-order chi connectivity index (χ0) is 27.1. The lowest BCUT2D eigenvalue weighted by atomic mass is 10.0. The maximum absolute atomic E-state index is 13.4.